The molecule has 1 aliphatic rings. The number of hydrogen-bond acceptors (Lipinski definition) is 2. The van der Waals surface area contributed by atoms with Gasteiger partial charge in [-0.05, 0) is 37.3 Å². The van der Waals surface area contributed by atoms with Crippen molar-refractivity contribution in [3.63, 3.8) is 0 Å². The SMILES string of the molecule is CCNC(c1ccccc1OC)C(C)C1CC1. The topological polar surface area (TPSA) is 21.3 Å². The molecule has 1 fully saturated rings. The molecule has 0 bridgehead atoms. The zero-order valence-corrected chi connectivity index (χ0v) is 11.1. The van der Waals surface area contributed by atoms with E-state index in [2.05, 4.69) is 37.4 Å². The molecule has 0 radical (unpaired) electrons. The molecule has 1 aromatic carbocycles. The molecule has 0 amide bonds. The summed E-state index contributed by atoms with van der Waals surface area (Å²) in [5.41, 5.74) is 1.30. The van der Waals surface area contributed by atoms with Gasteiger partial charge in [0.05, 0.1) is 7.11 Å². The Balaban J connectivity index is 2.24. The number of hydrogen-bond donors (Lipinski definition) is 1. The first-order chi connectivity index (χ1) is 8.27. The molecule has 94 valence electrons. The lowest BCUT2D eigenvalue weighted by molar-refractivity contribution is 0.336. The van der Waals surface area contributed by atoms with Crippen LogP contribution in [0, 0.1) is 11.8 Å². The zero-order valence-electron chi connectivity index (χ0n) is 11.1. The maximum absolute atomic E-state index is 5.48. The largest absolute Gasteiger partial charge is 0.496 e. The van der Waals surface area contributed by atoms with Gasteiger partial charge in [-0.1, -0.05) is 32.0 Å². The van der Waals surface area contributed by atoms with Crippen LogP contribution in [-0.4, -0.2) is 13.7 Å². The van der Waals surface area contributed by atoms with Crippen molar-refractivity contribution in [2.75, 3.05) is 13.7 Å². The third-order valence-corrected chi connectivity index (χ3v) is 3.79. The number of nitrogens with one attached hydrogen (secondary N) is 1. The minimum absolute atomic E-state index is 0.420. The number of methoxy groups -OCH3 is 1. The van der Waals surface area contributed by atoms with Gasteiger partial charge in [0.15, 0.2) is 0 Å². The predicted octanol–water partition coefficient (Wildman–Crippen LogP) is 3.39. The van der Waals surface area contributed by atoms with Gasteiger partial charge in [-0.15, -0.1) is 0 Å². The number of rotatable bonds is 6. The Hall–Kier alpha value is -1.02. The lowest BCUT2D eigenvalue weighted by atomic mass is 9.90. The number of benzene rings is 1. The first-order valence-electron chi connectivity index (χ1n) is 6.64. The van der Waals surface area contributed by atoms with E-state index in [9.17, 15) is 0 Å². The van der Waals surface area contributed by atoms with E-state index in [1.165, 1.54) is 18.4 Å². The van der Waals surface area contributed by atoms with Crippen molar-refractivity contribution in [1.82, 2.24) is 5.32 Å². The van der Waals surface area contributed by atoms with E-state index >= 15 is 0 Å². The van der Waals surface area contributed by atoms with E-state index < -0.39 is 0 Å². The summed E-state index contributed by atoms with van der Waals surface area (Å²) in [5.74, 6) is 2.58. The fourth-order valence-electron chi connectivity index (χ4n) is 2.62. The highest BCUT2D eigenvalue weighted by atomic mass is 16.5. The van der Waals surface area contributed by atoms with E-state index in [0.29, 0.717) is 12.0 Å². The summed E-state index contributed by atoms with van der Waals surface area (Å²) in [7, 11) is 1.75. The summed E-state index contributed by atoms with van der Waals surface area (Å²) in [6.07, 6.45) is 2.77. The molecule has 2 heteroatoms. The number of para-hydroxylation sites is 1. The monoisotopic (exact) mass is 233 g/mol. The van der Waals surface area contributed by atoms with Gasteiger partial charge < -0.3 is 10.1 Å². The Morgan fingerprint density at radius 3 is 2.65 bits per heavy atom. The maximum Gasteiger partial charge on any atom is 0.123 e. The van der Waals surface area contributed by atoms with E-state index in [4.69, 9.17) is 4.74 Å². The molecule has 1 saturated carbocycles. The Bertz CT molecular complexity index is 360. The van der Waals surface area contributed by atoms with Crippen LogP contribution in [0.5, 0.6) is 5.75 Å². The van der Waals surface area contributed by atoms with E-state index in [1.807, 2.05) is 6.07 Å². The average Bonchev–Trinajstić information content (AvgIpc) is 3.19. The molecule has 2 nitrogen and oxygen atoms in total. The average molecular weight is 233 g/mol. The van der Waals surface area contributed by atoms with Gasteiger partial charge in [-0.3, -0.25) is 0 Å². The predicted molar refractivity (Wildman–Crippen MR) is 71.3 cm³/mol. The Labute approximate surface area is 104 Å². The van der Waals surface area contributed by atoms with Gasteiger partial charge in [0.1, 0.15) is 5.75 Å². The van der Waals surface area contributed by atoms with Crippen molar-refractivity contribution in [3.8, 4) is 5.75 Å². The van der Waals surface area contributed by atoms with Gasteiger partial charge in [0.25, 0.3) is 0 Å². The fraction of sp³-hybridized carbons (Fsp3) is 0.600. The van der Waals surface area contributed by atoms with E-state index in [1.54, 1.807) is 7.11 Å². The second-order valence-electron chi connectivity index (χ2n) is 4.97. The zero-order chi connectivity index (χ0) is 12.3. The summed E-state index contributed by atoms with van der Waals surface area (Å²) in [6.45, 7) is 5.53. The second kappa shape index (κ2) is 5.54. The van der Waals surface area contributed by atoms with Crippen molar-refractivity contribution in [3.05, 3.63) is 29.8 Å². The summed E-state index contributed by atoms with van der Waals surface area (Å²) >= 11 is 0. The van der Waals surface area contributed by atoms with Crippen molar-refractivity contribution >= 4 is 0 Å². The van der Waals surface area contributed by atoms with Crippen molar-refractivity contribution in [2.45, 2.75) is 32.7 Å². The molecule has 0 spiro atoms. The quantitative estimate of drug-likeness (QED) is 0.813. The molecule has 0 aromatic heterocycles. The van der Waals surface area contributed by atoms with Crippen LogP contribution in [0.4, 0.5) is 0 Å². The first-order valence-corrected chi connectivity index (χ1v) is 6.64. The third kappa shape index (κ3) is 2.81. The summed E-state index contributed by atoms with van der Waals surface area (Å²) in [6, 6.07) is 8.79. The molecule has 1 aromatic rings. The van der Waals surface area contributed by atoms with Crippen LogP contribution in [0.3, 0.4) is 0 Å². The van der Waals surface area contributed by atoms with Crippen LogP contribution >= 0.6 is 0 Å². The van der Waals surface area contributed by atoms with Gasteiger partial charge in [0, 0.05) is 11.6 Å². The smallest absolute Gasteiger partial charge is 0.123 e. The van der Waals surface area contributed by atoms with Crippen LogP contribution in [0.1, 0.15) is 38.3 Å². The van der Waals surface area contributed by atoms with Crippen molar-refractivity contribution in [1.29, 1.82) is 0 Å². The molecule has 0 saturated heterocycles. The highest BCUT2D eigenvalue weighted by molar-refractivity contribution is 5.36. The van der Waals surface area contributed by atoms with E-state index in [-0.39, 0.29) is 0 Å². The Kier molecular flexibility index (Phi) is 4.06. The van der Waals surface area contributed by atoms with Crippen LogP contribution in [0.2, 0.25) is 0 Å². The molecular formula is C15H23NO. The van der Waals surface area contributed by atoms with Crippen LogP contribution in [0.25, 0.3) is 0 Å². The minimum Gasteiger partial charge on any atom is -0.496 e. The molecule has 2 unspecified atom stereocenters. The lowest BCUT2D eigenvalue weighted by Crippen LogP contribution is -2.28. The lowest BCUT2D eigenvalue weighted by Gasteiger charge is -2.26. The van der Waals surface area contributed by atoms with E-state index in [0.717, 1.165) is 18.2 Å². The van der Waals surface area contributed by atoms with Crippen LogP contribution in [0.15, 0.2) is 24.3 Å². The molecule has 2 atom stereocenters. The molecule has 2 rings (SSSR count). The highest BCUT2D eigenvalue weighted by Crippen LogP contribution is 2.44. The highest BCUT2D eigenvalue weighted by Gasteiger charge is 2.34. The summed E-state index contributed by atoms with van der Waals surface area (Å²) in [4.78, 5) is 0. The maximum atomic E-state index is 5.48. The molecule has 0 heterocycles. The molecule has 0 aliphatic heterocycles. The van der Waals surface area contributed by atoms with Crippen molar-refractivity contribution < 1.29 is 4.74 Å². The molecule has 17 heavy (non-hydrogen) atoms. The Morgan fingerprint density at radius 1 is 1.35 bits per heavy atom. The van der Waals surface area contributed by atoms with Crippen LogP contribution in [-0.2, 0) is 0 Å². The van der Waals surface area contributed by atoms with Gasteiger partial charge in [-0.25, -0.2) is 0 Å². The minimum atomic E-state index is 0.420. The number of ether oxygens (including phenoxy) is 1. The standard InChI is InChI=1S/C15H23NO/c1-4-16-15(11(2)12-9-10-12)13-7-5-6-8-14(13)17-3/h5-8,11-12,15-16H,4,9-10H2,1-3H3. The Morgan fingerprint density at radius 2 is 2.06 bits per heavy atom. The first kappa shape index (κ1) is 12.4. The fourth-order valence-corrected chi connectivity index (χ4v) is 2.62. The van der Waals surface area contributed by atoms with Gasteiger partial charge in [0.2, 0.25) is 0 Å². The van der Waals surface area contributed by atoms with Gasteiger partial charge in [-0.2, -0.15) is 0 Å². The molecule has 1 N–H and O–H groups in total. The second-order valence-corrected chi connectivity index (χ2v) is 4.97. The molecule has 1 aliphatic carbocycles. The summed E-state index contributed by atoms with van der Waals surface area (Å²) in [5, 5.41) is 3.61. The molecular weight excluding hydrogens is 210 g/mol. The third-order valence-electron chi connectivity index (χ3n) is 3.79. The summed E-state index contributed by atoms with van der Waals surface area (Å²) < 4.78 is 5.48. The van der Waals surface area contributed by atoms with Gasteiger partial charge >= 0.3 is 0 Å². The van der Waals surface area contributed by atoms with Crippen molar-refractivity contribution in [2.24, 2.45) is 11.8 Å². The van der Waals surface area contributed by atoms with Crippen LogP contribution < -0.4 is 10.1 Å². The normalized spacial score (nSPS) is 18.8.